The highest BCUT2D eigenvalue weighted by atomic mass is 16.3. The number of amides is 2. The summed E-state index contributed by atoms with van der Waals surface area (Å²) in [5, 5.41) is 12.5. The molecule has 1 aliphatic carbocycles. The quantitative estimate of drug-likeness (QED) is 0.846. The maximum absolute atomic E-state index is 12.3. The predicted octanol–water partition coefficient (Wildman–Crippen LogP) is 2.86. The first-order valence-electron chi connectivity index (χ1n) is 7.74. The molecule has 0 aliphatic heterocycles. The SMILES string of the molecule is Cc1ccccc1[C@H](NC(=O)N(C)CC[C@@H](C)O)C1CC1. The first kappa shape index (κ1) is 15.8. The maximum atomic E-state index is 12.3. The van der Waals surface area contributed by atoms with E-state index in [4.69, 9.17) is 0 Å². The number of nitrogens with zero attached hydrogens (tertiary/aromatic N) is 1. The molecule has 2 amide bonds. The van der Waals surface area contributed by atoms with E-state index < -0.39 is 0 Å². The first-order chi connectivity index (χ1) is 9.99. The molecule has 4 heteroatoms. The fraction of sp³-hybridized carbons (Fsp3) is 0.588. The normalized spacial score (nSPS) is 17.1. The highest BCUT2D eigenvalue weighted by molar-refractivity contribution is 5.74. The van der Waals surface area contributed by atoms with Crippen molar-refractivity contribution in [2.24, 2.45) is 5.92 Å². The number of carbonyl (C=O) groups excluding carboxylic acids is 1. The van der Waals surface area contributed by atoms with Crippen LogP contribution in [0.4, 0.5) is 4.79 Å². The second-order valence-corrected chi connectivity index (χ2v) is 6.18. The van der Waals surface area contributed by atoms with Gasteiger partial charge in [0.2, 0.25) is 0 Å². The third-order valence-electron chi connectivity index (χ3n) is 4.12. The Morgan fingerprint density at radius 3 is 2.67 bits per heavy atom. The fourth-order valence-electron chi connectivity index (χ4n) is 2.54. The number of aryl methyl sites for hydroxylation is 1. The Bertz CT molecular complexity index is 483. The van der Waals surface area contributed by atoms with Crippen molar-refractivity contribution >= 4 is 6.03 Å². The molecule has 116 valence electrons. The minimum atomic E-state index is -0.379. The first-order valence-corrected chi connectivity index (χ1v) is 7.74. The van der Waals surface area contributed by atoms with Crippen molar-refractivity contribution in [1.29, 1.82) is 0 Å². The van der Waals surface area contributed by atoms with Crippen LogP contribution in [0, 0.1) is 12.8 Å². The summed E-state index contributed by atoms with van der Waals surface area (Å²) >= 11 is 0. The predicted molar refractivity (Wildman–Crippen MR) is 84.1 cm³/mol. The van der Waals surface area contributed by atoms with E-state index in [-0.39, 0.29) is 18.2 Å². The van der Waals surface area contributed by atoms with E-state index in [9.17, 15) is 9.90 Å². The minimum Gasteiger partial charge on any atom is -0.393 e. The highest BCUT2D eigenvalue weighted by Gasteiger charge is 2.34. The molecule has 1 aliphatic rings. The Balaban J connectivity index is 2.00. The molecule has 0 radical (unpaired) electrons. The summed E-state index contributed by atoms with van der Waals surface area (Å²) in [7, 11) is 1.78. The van der Waals surface area contributed by atoms with Crippen LogP contribution in [0.25, 0.3) is 0 Å². The van der Waals surface area contributed by atoms with E-state index in [1.165, 1.54) is 24.0 Å². The van der Waals surface area contributed by atoms with Gasteiger partial charge in [-0.2, -0.15) is 0 Å². The summed E-state index contributed by atoms with van der Waals surface area (Å²) in [4.78, 5) is 14.0. The van der Waals surface area contributed by atoms with Crippen molar-refractivity contribution in [2.75, 3.05) is 13.6 Å². The lowest BCUT2D eigenvalue weighted by molar-refractivity contribution is 0.162. The van der Waals surface area contributed by atoms with Gasteiger partial charge in [0.25, 0.3) is 0 Å². The van der Waals surface area contributed by atoms with Crippen LogP contribution in [-0.4, -0.2) is 35.7 Å². The van der Waals surface area contributed by atoms with Gasteiger partial charge in [-0.15, -0.1) is 0 Å². The van der Waals surface area contributed by atoms with Crippen molar-refractivity contribution < 1.29 is 9.90 Å². The lowest BCUT2D eigenvalue weighted by atomic mass is 9.98. The molecule has 21 heavy (non-hydrogen) atoms. The molecule has 2 N–H and O–H groups in total. The maximum Gasteiger partial charge on any atom is 0.317 e. The van der Waals surface area contributed by atoms with Crippen molar-refractivity contribution in [3.63, 3.8) is 0 Å². The van der Waals surface area contributed by atoms with E-state index in [0.29, 0.717) is 18.9 Å². The fourth-order valence-corrected chi connectivity index (χ4v) is 2.54. The Morgan fingerprint density at radius 1 is 1.43 bits per heavy atom. The summed E-state index contributed by atoms with van der Waals surface area (Å²) in [6.45, 7) is 4.40. The Labute approximate surface area is 127 Å². The van der Waals surface area contributed by atoms with E-state index in [0.717, 1.165) is 0 Å². The lowest BCUT2D eigenvalue weighted by Gasteiger charge is -2.25. The summed E-state index contributed by atoms with van der Waals surface area (Å²) in [6, 6.07) is 8.30. The molecule has 0 spiro atoms. The molecule has 0 aromatic heterocycles. The smallest absolute Gasteiger partial charge is 0.317 e. The van der Waals surface area contributed by atoms with Crippen molar-refractivity contribution in [3.05, 3.63) is 35.4 Å². The van der Waals surface area contributed by atoms with Crippen LogP contribution in [0.3, 0.4) is 0 Å². The van der Waals surface area contributed by atoms with Crippen LogP contribution < -0.4 is 5.32 Å². The largest absolute Gasteiger partial charge is 0.393 e. The molecule has 1 saturated carbocycles. The van der Waals surface area contributed by atoms with Gasteiger partial charge < -0.3 is 15.3 Å². The molecule has 2 rings (SSSR count). The van der Waals surface area contributed by atoms with Crippen molar-refractivity contribution in [1.82, 2.24) is 10.2 Å². The number of aliphatic hydroxyl groups excluding tert-OH is 1. The van der Waals surface area contributed by atoms with Gasteiger partial charge in [0.15, 0.2) is 0 Å². The standard InChI is InChI=1S/C17H26N2O2/c1-12-6-4-5-7-15(12)16(14-8-9-14)18-17(21)19(3)11-10-13(2)20/h4-7,13-14,16,20H,8-11H2,1-3H3,(H,18,21)/t13-,16-/m1/s1. The molecule has 2 atom stereocenters. The number of hydrogen-bond donors (Lipinski definition) is 2. The Kier molecular flexibility index (Phi) is 5.23. The Morgan fingerprint density at radius 2 is 2.10 bits per heavy atom. The number of nitrogens with one attached hydrogen (secondary N) is 1. The number of aliphatic hydroxyl groups is 1. The van der Waals surface area contributed by atoms with Crippen molar-refractivity contribution in [2.45, 2.75) is 45.3 Å². The second kappa shape index (κ2) is 6.94. The zero-order valence-electron chi connectivity index (χ0n) is 13.2. The van der Waals surface area contributed by atoms with E-state index >= 15 is 0 Å². The van der Waals surface area contributed by atoms with Crippen LogP contribution in [0.2, 0.25) is 0 Å². The van der Waals surface area contributed by atoms with Gasteiger partial charge in [-0.1, -0.05) is 24.3 Å². The average Bonchev–Trinajstić information content (AvgIpc) is 3.27. The minimum absolute atomic E-state index is 0.0594. The average molecular weight is 290 g/mol. The van der Waals surface area contributed by atoms with Gasteiger partial charge in [-0.25, -0.2) is 4.79 Å². The van der Waals surface area contributed by atoms with Gasteiger partial charge in [-0.3, -0.25) is 0 Å². The van der Waals surface area contributed by atoms with Crippen molar-refractivity contribution in [3.8, 4) is 0 Å². The van der Waals surface area contributed by atoms with Crippen LogP contribution in [-0.2, 0) is 0 Å². The van der Waals surface area contributed by atoms with Gasteiger partial charge >= 0.3 is 6.03 Å². The number of rotatable bonds is 6. The molecule has 4 nitrogen and oxygen atoms in total. The Hall–Kier alpha value is -1.55. The highest BCUT2D eigenvalue weighted by Crippen LogP contribution is 2.41. The molecule has 0 saturated heterocycles. The van der Waals surface area contributed by atoms with Crippen LogP contribution in [0.1, 0.15) is 43.4 Å². The summed E-state index contributed by atoms with van der Waals surface area (Å²) < 4.78 is 0. The van der Waals surface area contributed by atoms with E-state index in [2.05, 4.69) is 24.4 Å². The molecule has 1 aromatic rings. The van der Waals surface area contributed by atoms with Gasteiger partial charge in [0.05, 0.1) is 12.1 Å². The monoisotopic (exact) mass is 290 g/mol. The molecule has 0 bridgehead atoms. The number of urea groups is 1. The topological polar surface area (TPSA) is 52.6 Å². The molecular weight excluding hydrogens is 264 g/mol. The van der Waals surface area contributed by atoms with Gasteiger partial charge in [-0.05, 0) is 50.2 Å². The van der Waals surface area contributed by atoms with Crippen LogP contribution in [0.5, 0.6) is 0 Å². The molecule has 0 unspecified atom stereocenters. The molecule has 0 heterocycles. The zero-order valence-corrected chi connectivity index (χ0v) is 13.2. The van der Waals surface area contributed by atoms with Gasteiger partial charge in [0, 0.05) is 13.6 Å². The number of carbonyl (C=O) groups is 1. The molecule has 1 fully saturated rings. The molecule has 1 aromatic carbocycles. The summed E-state index contributed by atoms with van der Waals surface area (Å²) in [6.07, 6.45) is 2.58. The summed E-state index contributed by atoms with van der Waals surface area (Å²) in [5.41, 5.74) is 2.44. The summed E-state index contributed by atoms with van der Waals surface area (Å²) in [5.74, 6) is 0.556. The third-order valence-corrected chi connectivity index (χ3v) is 4.12. The number of hydrogen-bond acceptors (Lipinski definition) is 2. The van der Waals surface area contributed by atoms with Crippen LogP contribution >= 0.6 is 0 Å². The third kappa shape index (κ3) is 4.46. The van der Waals surface area contributed by atoms with Gasteiger partial charge in [0.1, 0.15) is 0 Å². The van der Waals surface area contributed by atoms with Crippen LogP contribution in [0.15, 0.2) is 24.3 Å². The van der Waals surface area contributed by atoms with E-state index in [1.807, 2.05) is 12.1 Å². The molecular formula is C17H26N2O2. The lowest BCUT2D eigenvalue weighted by Crippen LogP contribution is -2.41. The second-order valence-electron chi connectivity index (χ2n) is 6.18. The zero-order chi connectivity index (χ0) is 15.4. The number of benzene rings is 1. The van der Waals surface area contributed by atoms with E-state index in [1.54, 1.807) is 18.9 Å².